The molecule has 1 aliphatic heterocycles. The van der Waals surface area contributed by atoms with Crippen molar-refractivity contribution in [3.63, 3.8) is 0 Å². The van der Waals surface area contributed by atoms with Crippen molar-refractivity contribution < 1.29 is 0 Å². The third-order valence-corrected chi connectivity index (χ3v) is 5.97. The van der Waals surface area contributed by atoms with E-state index in [4.69, 9.17) is 4.99 Å². The minimum Gasteiger partial charge on any atom is -0.361 e. The van der Waals surface area contributed by atoms with Crippen molar-refractivity contribution in [1.29, 1.82) is 0 Å². The van der Waals surface area contributed by atoms with Crippen LogP contribution in [0.15, 0.2) is 65.5 Å². The zero-order chi connectivity index (χ0) is 19.6. The first-order chi connectivity index (χ1) is 12.9. The van der Waals surface area contributed by atoms with Gasteiger partial charge in [0, 0.05) is 30.5 Å². The third-order valence-electron chi connectivity index (χ3n) is 5.26. The number of fused-ring (bicyclic) bond motifs is 1. The second kappa shape index (κ2) is 8.22. The Morgan fingerprint density at radius 2 is 2.07 bits per heavy atom. The van der Waals surface area contributed by atoms with Gasteiger partial charge in [-0.1, -0.05) is 44.8 Å². The van der Waals surface area contributed by atoms with Crippen LogP contribution in [0.1, 0.15) is 32.8 Å². The number of aromatic nitrogens is 1. The zero-order valence-corrected chi connectivity index (χ0v) is 17.6. The Hall–Kier alpha value is -2.20. The summed E-state index contributed by atoms with van der Waals surface area (Å²) in [6.07, 6.45) is 5.04. The highest BCUT2D eigenvalue weighted by Gasteiger charge is 2.22. The van der Waals surface area contributed by atoms with Crippen molar-refractivity contribution in [2.45, 2.75) is 27.2 Å². The molecule has 0 unspecified atom stereocenters. The van der Waals surface area contributed by atoms with Crippen molar-refractivity contribution in [2.75, 3.05) is 19.3 Å². The molecule has 1 aliphatic rings. The van der Waals surface area contributed by atoms with E-state index in [9.17, 15) is 0 Å². The van der Waals surface area contributed by atoms with Gasteiger partial charge in [-0.2, -0.15) is 0 Å². The van der Waals surface area contributed by atoms with Crippen LogP contribution in [-0.4, -0.2) is 34.4 Å². The van der Waals surface area contributed by atoms with E-state index in [0.29, 0.717) is 5.92 Å². The van der Waals surface area contributed by atoms with E-state index in [0.717, 1.165) is 30.4 Å². The monoisotopic (exact) mass is 379 g/mol. The number of amidine groups is 1. The summed E-state index contributed by atoms with van der Waals surface area (Å²) < 4.78 is 0. The minimum atomic E-state index is 0.358. The van der Waals surface area contributed by atoms with Crippen molar-refractivity contribution in [3.05, 3.63) is 66.0 Å². The molecule has 0 saturated carbocycles. The third kappa shape index (κ3) is 4.22. The molecule has 0 atom stereocenters. The molecule has 3 nitrogen and oxygen atoms in total. The van der Waals surface area contributed by atoms with Gasteiger partial charge >= 0.3 is 0 Å². The van der Waals surface area contributed by atoms with Crippen molar-refractivity contribution in [1.82, 2.24) is 9.88 Å². The summed E-state index contributed by atoms with van der Waals surface area (Å²) in [4.78, 5) is 10.4. The van der Waals surface area contributed by atoms with Gasteiger partial charge in [0.2, 0.25) is 0 Å². The quantitative estimate of drug-likeness (QED) is 0.517. The zero-order valence-electron chi connectivity index (χ0n) is 16.8. The van der Waals surface area contributed by atoms with Gasteiger partial charge < -0.3 is 9.88 Å². The molecule has 1 aromatic heterocycles. The number of thioether (sulfide) groups is 1. The predicted octanol–water partition coefficient (Wildman–Crippen LogP) is 6.09. The van der Waals surface area contributed by atoms with Gasteiger partial charge in [-0.3, -0.25) is 0 Å². The highest BCUT2D eigenvalue weighted by atomic mass is 32.2. The Balaban J connectivity index is 1.92. The fraction of sp³-hybridized carbons (Fsp3) is 0.348. The van der Waals surface area contributed by atoms with Crippen molar-refractivity contribution in [3.8, 4) is 0 Å². The second-order valence-corrected chi connectivity index (χ2v) is 8.18. The van der Waals surface area contributed by atoms with Crippen molar-refractivity contribution >= 4 is 33.4 Å². The summed E-state index contributed by atoms with van der Waals surface area (Å²) in [6.45, 7) is 16.7. The average molecular weight is 380 g/mol. The average Bonchev–Trinajstić information content (AvgIpc) is 3.13. The maximum Gasteiger partial charge on any atom is 0.164 e. The van der Waals surface area contributed by atoms with E-state index >= 15 is 0 Å². The molecule has 2 heterocycles. The number of likely N-dealkylation sites (tertiary alicyclic amines) is 1. The number of nitrogens with one attached hydrogen (secondary N) is 1. The van der Waals surface area contributed by atoms with Crippen molar-refractivity contribution in [2.24, 2.45) is 10.9 Å². The summed E-state index contributed by atoms with van der Waals surface area (Å²) in [5.41, 5.74) is 7.23. The molecule has 1 aromatic carbocycles. The highest BCUT2D eigenvalue weighted by Crippen LogP contribution is 2.31. The van der Waals surface area contributed by atoms with Gasteiger partial charge in [-0.15, -0.1) is 0 Å². The maximum atomic E-state index is 4.80. The molecule has 0 spiro atoms. The number of hydrogen-bond donors (Lipinski definition) is 1. The molecular weight excluding hydrogens is 350 g/mol. The number of aromatic amines is 1. The molecule has 0 bridgehead atoms. The fourth-order valence-electron chi connectivity index (χ4n) is 3.31. The van der Waals surface area contributed by atoms with Gasteiger partial charge in [0.15, 0.2) is 5.17 Å². The first kappa shape index (κ1) is 19.6. The molecular formula is C23H29N3S. The van der Waals surface area contributed by atoms with Gasteiger partial charge in [0.05, 0.1) is 0 Å². The smallest absolute Gasteiger partial charge is 0.164 e. The molecule has 142 valence electrons. The van der Waals surface area contributed by atoms with E-state index < -0.39 is 0 Å². The number of nitrogens with zero attached hydrogens (tertiary/aromatic N) is 2. The Labute approximate surface area is 166 Å². The first-order valence-electron chi connectivity index (χ1n) is 9.42. The maximum absolute atomic E-state index is 4.80. The molecule has 4 heteroatoms. The Bertz CT molecular complexity index is 930. The largest absolute Gasteiger partial charge is 0.361 e. The molecule has 0 radical (unpaired) electrons. The number of rotatable bonds is 3. The molecule has 0 aliphatic carbocycles. The summed E-state index contributed by atoms with van der Waals surface area (Å²) in [5.74, 6) is 0.358. The predicted molar refractivity (Wildman–Crippen MR) is 121 cm³/mol. The van der Waals surface area contributed by atoms with Gasteiger partial charge in [-0.05, 0) is 71.4 Å². The van der Waals surface area contributed by atoms with Crippen LogP contribution in [0, 0.1) is 5.92 Å². The van der Waals surface area contributed by atoms with E-state index in [1.807, 2.05) is 6.20 Å². The summed E-state index contributed by atoms with van der Waals surface area (Å²) in [7, 11) is 0. The second-order valence-electron chi connectivity index (χ2n) is 7.40. The molecule has 1 N–H and O–H groups in total. The Morgan fingerprint density at radius 1 is 1.30 bits per heavy atom. The van der Waals surface area contributed by atoms with Crippen LogP contribution in [0.4, 0.5) is 0 Å². The SMILES string of the molecule is C=C1CCN(C(=NC(=C)C(C)C)SC)C/C1=C(/C)c1ccc2[nH]ccc2c1. The Kier molecular flexibility index (Phi) is 5.95. The topological polar surface area (TPSA) is 31.4 Å². The van der Waals surface area contributed by atoms with E-state index in [1.54, 1.807) is 11.8 Å². The van der Waals surface area contributed by atoms with E-state index in [2.05, 4.69) is 74.3 Å². The van der Waals surface area contributed by atoms with Gasteiger partial charge in [0.1, 0.15) is 0 Å². The molecule has 0 amide bonds. The van der Waals surface area contributed by atoms with E-state index in [1.165, 1.54) is 33.2 Å². The number of hydrogen-bond acceptors (Lipinski definition) is 2. The Morgan fingerprint density at radius 3 is 2.78 bits per heavy atom. The van der Waals surface area contributed by atoms with Crippen LogP contribution >= 0.6 is 11.8 Å². The lowest BCUT2D eigenvalue weighted by atomic mass is 9.91. The summed E-state index contributed by atoms with van der Waals surface area (Å²) in [5, 5.41) is 2.29. The van der Waals surface area contributed by atoms with Crippen LogP contribution in [-0.2, 0) is 0 Å². The lowest BCUT2D eigenvalue weighted by Gasteiger charge is -2.33. The molecule has 2 aromatic rings. The number of H-pyrrole nitrogens is 1. The van der Waals surface area contributed by atoms with Crippen LogP contribution in [0.3, 0.4) is 0 Å². The van der Waals surface area contributed by atoms with Crippen LogP contribution in [0.2, 0.25) is 0 Å². The van der Waals surface area contributed by atoms with Gasteiger partial charge in [-0.25, -0.2) is 4.99 Å². The van der Waals surface area contributed by atoms with E-state index in [-0.39, 0.29) is 0 Å². The number of benzene rings is 1. The molecule has 1 fully saturated rings. The number of piperidine rings is 1. The molecule has 1 saturated heterocycles. The summed E-state index contributed by atoms with van der Waals surface area (Å²) >= 11 is 1.69. The molecule has 27 heavy (non-hydrogen) atoms. The fourth-order valence-corrected chi connectivity index (χ4v) is 3.93. The van der Waals surface area contributed by atoms with Gasteiger partial charge in [0.25, 0.3) is 0 Å². The summed E-state index contributed by atoms with van der Waals surface area (Å²) in [6, 6.07) is 8.72. The first-order valence-corrected chi connectivity index (χ1v) is 10.6. The highest BCUT2D eigenvalue weighted by molar-refractivity contribution is 8.13. The minimum absolute atomic E-state index is 0.358. The van der Waals surface area contributed by atoms with Crippen LogP contribution < -0.4 is 0 Å². The number of allylic oxidation sites excluding steroid dienone is 2. The lowest BCUT2D eigenvalue weighted by Crippen LogP contribution is -2.36. The lowest BCUT2D eigenvalue weighted by molar-refractivity contribution is 0.439. The molecule has 3 rings (SSSR count). The number of aliphatic imine (C=N–C) groups is 1. The van der Waals surface area contributed by atoms with Crippen LogP contribution in [0.25, 0.3) is 16.5 Å². The van der Waals surface area contributed by atoms with Crippen LogP contribution in [0.5, 0.6) is 0 Å². The normalized spacial score (nSPS) is 17.7. The standard InChI is InChI=1S/C23H29N3S/c1-15(2)18(5)25-23(27-6)26-12-10-16(3)21(14-26)17(4)19-7-8-22-20(13-19)9-11-24-22/h7-9,11,13,15,24H,3,5,10,12,14H2,1-2,4,6H3/b21-17+,25-23?.